The Labute approximate surface area is 185 Å². The maximum absolute atomic E-state index is 12.5. The van der Waals surface area contributed by atoms with Crippen LogP contribution in [0.5, 0.6) is 0 Å². The summed E-state index contributed by atoms with van der Waals surface area (Å²) in [4.78, 5) is 36.6. The molecule has 0 fully saturated rings. The number of halogens is 1. The number of esters is 1. The van der Waals surface area contributed by atoms with E-state index in [1.807, 2.05) is 42.5 Å². The molecule has 3 aromatic carbocycles. The molecule has 0 spiro atoms. The topological polar surface area (TPSA) is 84.5 Å². The first kappa shape index (κ1) is 22.3. The monoisotopic (exact) mass is 438 g/mol. The van der Waals surface area contributed by atoms with Gasteiger partial charge in [-0.2, -0.15) is 0 Å². The molecule has 0 bridgehead atoms. The number of carbonyl (C=O) groups excluding carboxylic acids is 3. The zero-order chi connectivity index (χ0) is 22.2. The fraction of sp³-hybridized carbons (Fsp3) is 0.208. The van der Waals surface area contributed by atoms with Crippen molar-refractivity contribution >= 4 is 40.2 Å². The Morgan fingerprint density at radius 1 is 0.935 bits per heavy atom. The van der Waals surface area contributed by atoms with E-state index in [-0.39, 0.29) is 25.3 Å². The van der Waals surface area contributed by atoms with Crippen LogP contribution < -0.4 is 10.6 Å². The highest BCUT2D eigenvalue weighted by Crippen LogP contribution is 2.25. The zero-order valence-electron chi connectivity index (χ0n) is 17.1. The van der Waals surface area contributed by atoms with Gasteiger partial charge in [0.05, 0.1) is 32.5 Å². The van der Waals surface area contributed by atoms with E-state index in [1.165, 1.54) is 7.11 Å². The highest BCUT2D eigenvalue weighted by Gasteiger charge is 2.21. The van der Waals surface area contributed by atoms with Gasteiger partial charge in [0, 0.05) is 5.02 Å². The predicted molar refractivity (Wildman–Crippen MR) is 120 cm³/mol. The zero-order valence-corrected chi connectivity index (χ0v) is 17.8. The van der Waals surface area contributed by atoms with Crippen LogP contribution in [0.15, 0.2) is 66.7 Å². The molecule has 6 nitrogen and oxygen atoms in total. The van der Waals surface area contributed by atoms with Crippen molar-refractivity contribution in [1.82, 2.24) is 10.6 Å². The number of nitrogens with one attached hydrogen (secondary N) is 2. The van der Waals surface area contributed by atoms with Crippen LogP contribution in [0.3, 0.4) is 0 Å². The van der Waals surface area contributed by atoms with Crippen LogP contribution >= 0.6 is 11.6 Å². The second-order valence-corrected chi connectivity index (χ2v) is 7.42. The van der Waals surface area contributed by atoms with Crippen LogP contribution in [0.2, 0.25) is 5.02 Å². The molecular formula is C24H23ClN2O4. The van der Waals surface area contributed by atoms with Crippen molar-refractivity contribution in [2.24, 2.45) is 0 Å². The van der Waals surface area contributed by atoms with Gasteiger partial charge in [0.1, 0.15) is 0 Å². The maximum Gasteiger partial charge on any atom is 0.307 e. The summed E-state index contributed by atoms with van der Waals surface area (Å²) in [7, 11) is 1.28. The smallest absolute Gasteiger partial charge is 0.307 e. The molecule has 0 aromatic heterocycles. The number of hydrogen-bond donors (Lipinski definition) is 2. The van der Waals surface area contributed by atoms with E-state index in [0.717, 1.165) is 16.3 Å². The summed E-state index contributed by atoms with van der Waals surface area (Å²) in [5.41, 5.74) is 1.49. The average molecular weight is 439 g/mol. The summed E-state index contributed by atoms with van der Waals surface area (Å²) in [5.74, 6) is -1.18. The molecule has 31 heavy (non-hydrogen) atoms. The van der Waals surface area contributed by atoms with E-state index in [0.29, 0.717) is 10.6 Å². The second kappa shape index (κ2) is 10.6. The number of rotatable bonds is 8. The molecule has 2 N–H and O–H groups in total. The fourth-order valence-electron chi connectivity index (χ4n) is 3.35. The van der Waals surface area contributed by atoms with Gasteiger partial charge in [-0.15, -0.1) is 0 Å². The van der Waals surface area contributed by atoms with Gasteiger partial charge >= 0.3 is 5.97 Å². The summed E-state index contributed by atoms with van der Waals surface area (Å²) in [5, 5.41) is 7.86. The van der Waals surface area contributed by atoms with Crippen molar-refractivity contribution in [2.75, 3.05) is 13.7 Å². The van der Waals surface area contributed by atoms with E-state index >= 15 is 0 Å². The van der Waals surface area contributed by atoms with E-state index in [1.54, 1.807) is 24.3 Å². The Hall–Kier alpha value is -3.38. The Morgan fingerprint density at radius 2 is 1.65 bits per heavy atom. The summed E-state index contributed by atoms with van der Waals surface area (Å²) >= 11 is 6.22. The lowest BCUT2D eigenvalue weighted by Gasteiger charge is -2.19. The average Bonchev–Trinajstić information content (AvgIpc) is 2.78. The Bertz CT molecular complexity index is 1090. The van der Waals surface area contributed by atoms with Gasteiger partial charge in [-0.05, 0) is 28.0 Å². The Balaban J connectivity index is 1.61. The number of benzene rings is 3. The van der Waals surface area contributed by atoms with E-state index in [4.69, 9.17) is 16.3 Å². The first-order valence-electron chi connectivity index (χ1n) is 9.82. The molecule has 0 saturated carbocycles. The van der Waals surface area contributed by atoms with Gasteiger partial charge < -0.3 is 15.4 Å². The molecule has 2 amide bonds. The lowest BCUT2D eigenvalue weighted by molar-refractivity contribution is -0.141. The maximum atomic E-state index is 12.5. The van der Waals surface area contributed by atoms with Gasteiger partial charge in [0.2, 0.25) is 11.8 Å². The van der Waals surface area contributed by atoms with Crippen molar-refractivity contribution in [1.29, 1.82) is 0 Å². The molecule has 0 aliphatic heterocycles. The van der Waals surface area contributed by atoms with Crippen molar-refractivity contribution in [3.8, 4) is 0 Å². The molecule has 160 valence electrons. The lowest BCUT2D eigenvalue weighted by atomic mass is 10.0. The molecule has 0 heterocycles. The number of carbonyl (C=O) groups is 3. The SMILES string of the molecule is COC(=O)CC(NC(=O)CNC(=O)Cc1cccc2ccccc12)c1ccccc1Cl. The highest BCUT2D eigenvalue weighted by molar-refractivity contribution is 6.31. The molecule has 7 heteroatoms. The van der Waals surface area contributed by atoms with Gasteiger partial charge in [-0.1, -0.05) is 72.3 Å². The summed E-state index contributed by atoms with van der Waals surface area (Å²) < 4.78 is 4.72. The van der Waals surface area contributed by atoms with Gasteiger partial charge in [0.15, 0.2) is 0 Å². The predicted octanol–water partition coefficient (Wildman–Crippen LogP) is 3.57. The summed E-state index contributed by atoms with van der Waals surface area (Å²) in [6.07, 6.45) is 0.0840. The van der Waals surface area contributed by atoms with Crippen LogP contribution in [-0.4, -0.2) is 31.4 Å². The van der Waals surface area contributed by atoms with Crippen LogP contribution in [0, 0.1) is 0 Å². The third-order valence-corrected chi connectivity index (χ3v) is 5.24. The van der Waals surface area contributed by atoms with Crippen molar-refractivity contribution in [2.45, 2.75) is 18.9 Å². The van der Waals surface area contributed by atoms with Crippen LogP contribution in [-0.2, 0) is 25.5 Å². The number of hydrogen-bond acceptors (Lipinski definition) is 4. The molecule has 3 aromatic rings. The van der Waals surface area contributed by atoms with Crippen LogP contribution in [0.1, 0.15) is 23.6 Å². The molecule has 0 aliphatic rings. The molecular weight excluding hydrogens is 416 g/mol. The first-order chi connectivity index (χ1) is 15.0. The first-order valence-corrected chi connectivity index (χ1v) is 10.2. The molecule has 3 rings (SSSR count). The van der Waals surface area contributed by atoms with Crippen LogP contribution in [0.4, 0.5) is 0 Å². The van der Waals surface area contributed by atoms with Gasteiger partial charge in [-0.3, -0.25) is 14.4 Å². The minimum atomic E-state index is -0.663. The quantitative estimate of drug-likeness (QED) is 0.526. The number of ether oxygens (including phenoxy) is 1. The highest BCUT2D eigenvalue weighted by atomic mass is 35.5. The summed E-state index contributed by atoms with van der Waals surface area (Å²) in [6, 6.07) is 19.9. The molecule has 1 unspecified atom stereocenters. The Morgan fingerprint density at radius 3 is 2.42 bits per heavy atom. The van der Waals surface area contributed by atoms with Crippen molar-refractivity contribution in [3.05, 3.63) is 82.9 Å². The van der Waals surface area contributed by atoms with Crippen molar-refractivity contribution in [3.63, 3.8) is 0 Å². The van der Waals surface area contributed by atoms with Crippen molar-refractivity contribution < 1.29 is 19.1 Å². The fourth-order valence-corrected chi connectivity index (χ4v) is 3.62. The van der Waals surface area contributed by atoms with Gasteiger partial charge in [-0.25, -0.2) is 0 Å². The number of amides is 2. The number of fused-ring (bicyclic) bond motifs is 1. The second-order valence-electron chi connectivity index (χ2n) is 7.01. The third-order valence-electron chi connectivity index (χ3n) is 4.89. The minimum Gasteiger partial charge on any atom is -0.469 e. The molecule has 1 atom stereocenters. The largest absolute Gasteiger partial charge is 0.469 e. The molecule has 0 radical (unpaired) electrons. The standard InChI is InChI=1S/C24H23ClN2O4/c1-31-24(30)14-21(19-11-4-5-12-20(19)25)27-23(29)15-26-22(28)13-17-9-6-8-16-7-2-3-10-18(16)17/h2-12,21H,13-15H2,1H3,(H,26,28)(H,27,29). The van der Waals surface area contributed by atoms with Gasteiger partial charge in [0.25, 0.3) is 0 Å². The van der Waals surface area contributed by atoms with Crippen LogP contribution in [0.25, 0.3) is 10.8 Å². The van der Waals surface area contributed by atoms with E-state index < -0.39 is 17.9 Å². The number of methoxy groups -OCH3 is 1. The molecule has 0 saturated heterocycles. The minimum absolute atomic E-state index is 0.0735. The Kier molecular flexibility index (Phi) is 7.62. The van der Waals surface area contributed by atoms with E-state index in [9.17, 15) is 14.4 Å². The lowest BCUT2D eigenvalue weighted by Crippen LogP contribution is -2.39. The van der Waals surface area contributed by atoms with E-state index in [2.05, 4.69) is 10.6 Å². The molecule has 0 aliphatic carbocycles. The normalized spacial score (nSPS) is 11.5. The third kappa shape index (κ3) is 6.06. The summed E-state index contributed by atoms with van der Waals surface area (Å²) in [6.45, 7) is -0.217.